The minimum absolute atomic E-state index is 0.580. The van der Waals surface area contributed by atoms with Crippen LogP contribution in [0, 0.1) is 0 Å². The van der Waals surface area contributed by atoms with Crippen LogP contribution >= 0.6 is 11.8 Å². The van der Waals surface area contributed by atoms with Gasteiger partial charge in [-0.1, -0.05) is 12.2 Å². The van der Waals surface area contributed by atoms with Crippen LogP contribution in [-0.2, 0) is 6.18 Å². The Labute approximate surface area is 83.8 Å². The normalized spacial score (nSPS) is 15.4. The molecule has 1 aliphatic heterocycles. The van der Waals surface area contributed by atoms with Crippen molar-refractivity contribution in [2.24, 2.45) is 0 Å². The van der Waals surface area contributed by atoms with Gasteiger partial charge in [0.05, 0.1) is 5.56 Å². The number of rotatable bonds is 0. The van der Waals surface area contributed by atoms with E-state index in [1.807, 2.05) is 6.08 Å². The number of alkyl halides is 3. The van der Waals surface area contributed by atoms with Crippen molar-refractivity contribution < 1.29 is 13.2 Å². The molecular formula is C10H7F3S. The Morgan fingerprint density at radius 2 is 2.00 bits per heavy atom. The summed E-state index contributed by atoms with van der Waals surface area (Å²) in [6.07, 6.45) is -0.640. The maximum absolute atomic E-state index is 12.3. The predicted octanol–water partition coefficient (Wildman–Crippen LogP) is 3.82. The van der Waals surface area contributed by atoms with Crippen molar-refractivity contribution in [3.63, 3.8) is 0 Å². The number of thioether (sulfide) groups is 1. The lowest BCUT2D eigenvalue weighted by atomic mass is 10.1. The van der Waals surface area contributed by atoms with E-state index in [4.69, 9.17) is 0 Å². The summed E-state index contributed by atoms with van der Waals surface area (Å²) >= 11 is 1.55. The molecule has 1 aromatic carbocycles. The largest absolute Gasteiger partial charge is 0.416 e. The van der Waals surface area contributed by atoms with Crippen LogP contribution in [0.3, 0.4) is 0 Å². The van der Waals surface area contributed by atoms with Crippen LogP contribution < -0.4 is 0 Å². The standard InChI is InChI=1S/C10H7F3S/c11-10(12,13)8-3-4-9-7(6-8)2-1-5-14-9/h1-4,6H,5H2. The first-order chi connectivity index (χ1) is 6.57. The molecule has 4 heteroatoms. The lowest BCUT2D eigenvalue weighted by Gasteiger charge is -2.12. The van der Waals surface area contributed by atoms with Gasteiger partial charge in [-0.15, -0.1) is 11.8 Å². The number of hydrogen-bond acceptors (Lipinski definition) is 1. The molecule has 1 aromatic rings. The van der Waals surface area contributed by atoms with Crippen molar-refractivity contribution in [3.05, 3.63) is 35.4 Å². The quantitative estimate of drug-likeness (QED) is 0.635. The Balaban J connectivity index is 2.45. The Hall–Kier alpha value is -0.900. The van der Waals surface area contributed by atoms with Crippen molar-refractivity contribution in [3.8, 4) is 0 Å². The van der Waals surface area contributed by atoms with Crippen molar-refractivity contribution in [2.75, 3.05) is 5.75 Å². The molecule has 0 N–H and O–H groups in total. The zero-order valence-corrected chi connectivity index (χ0v) is 7.95. The second-order valence-electron chi connectivity index (χ2n) is 2.96. The van der Waals surface area contributed by atoms with E-state index < -0.39 is 11.7 Å². The summed E-state index contributed by atoms with van der Waals surface area (Å²) in [5.41, 5.74) is 0.0828. The van der Waals surface area contributed by atoms with Crippen LogP contribution in [0.1, 0.15) is 11.1 Å². The number of hydrogen-bond donors (Lipinski definition) is 0. The average molecular weight is 216 g/mol. The van der Waals surface area contributed by atoms with Gasteiger partial charge in [-0.05, 0) is 23.8 Å². The van der Waals surface area contributed by atoms with Crippen molar-refractivity contribution in [1.29, 1.82) is 0 Å². The van der Waals surface area contributed by atoms with E-state index in [9.17, 15) is 13.2 Å². The molecule has 1 heterocycles. The summed E-state index contributed by atoms with van der Waals surface area (Å²) in [4.78, 5) is 0.917. The van der Waals surface area contributed by atoms with Gasteiger partial charge >= 0.3 is 6.18 Å². The van der Waals surface area contributed by atoms with Gasteiger partial charge < -0.3 is 0 Å². The minimum atomic E-state index is -4.25. The molecule has 0 fully saturated rings. The molecular weight excluding hydrogens is 209 g/mol. The van der Waals surface area contributed by atoms with Gasteiger partial charge in [0.1, 0.15) is 0 Å². The molecule has 0 saturated carbocycles. The fourth-order valence-electron chi connectivity index (χ4n) is 1.30. The van der Waals surface area contributed by atoms with E-state index >= 15 is 0 Å². The van der Waals surface area contributed by atoms with E-state index in [2.05, 4.69) is 0 Å². The fraction of sp³-hybridized carbons (Fsp3) is 0.200. The molecule has 0 amide bonds. The second-order valence-corrected chi connectivity index (χ2v) is 4.03. The second kappa shape index (κ2) is 3.35. The van der Waals surface area contributed by atoms with Crippen LogP contribution in [0.15, 0.2) is 29.2 Å². The molecule has 0 aromatic heterocycles. The molecule has 0 saturated heterocycles. The maximum Gasteiger partial charge on any atom is 0.416 e. The van der Waals surface area contributed by atoms with Gasteiger partial charge in [-0.2, -0.15) is 13.2 Å². The average Bonchev–Trinajstić information content (AvgIpc) is 2.16. The van der Waals surface area contributed by atoms with Gasteiger partial charge in [0, 0.05) is 10.6 Å². The zero-order chi connectivity index (χ0) is 10.2. The minimum Gasteiger partial charge on any atom is -0.166 e. The maximum atomic E-state index is 12.3. The predicted molar refractivity (Wildman–Crippen MR) is 51.2 cm³/mol. The summed E-state index contributed by atoms with van der Waals surface area (Å²) in [5, 5.41) is 0. The molecule has 0 radical (unpaired) electrons. The third-order valence-electron chi connectivity index (χ3n) is 1.97. The van der Waals surface area contributed by atoms with E-state index in [0.29, 0.717) is 5.56 Å². The smallest absolute Gasteiger partial charge is 0.166 e. The lowest BCUT2D eigenvalue weighted by Crippen LogP contribution is -2.05. The highest BCUT2D eigenvalue weighted by Crippen LogP contribution is 2.35. The van der Waals surface area contributed by atoms with Gasteiger partial charge in [0.15, 0.2) is 0 Å². The van der Waals surface area contributed by atoms with Gasteiger partial charge in [0.2, 0.25) is 0 Å². The Morgan fingerprint density at radius 1 is 1.21 bits per heavy atom. The lowest BCUT2D eigenvalue weighted by molar-refractivity contribution is -0.137. The van der Waals surface area contributed by atoms with Gasteiger partial charge in [-0.25, -0.2) is 0 Å². The highest BCUT2D eigenvalue weighted by atomic mass is 32.2. The van der Waals surface area contributed by atoms with E-state index in [0.717, 1.165) is 16.7 Å². The molecule has 2 rings (SSSR count). The van der Waals surface area contributed by atoms with Crippen LogP contribution in [-0.4, -0.2) is 5.75 Å². The van der Waals surface area contributed by atoms with E-state index in [1.165, 1.54) is 12.1 Å². The van der Waals surface area contributed by atoms with Crippen molar-refractivity contribution in [1.82, 2.24) is 0 Å². The molecule has 74 valence electrons. The van der Waals surface area contributed by atoms with Crippen molar-refractivity contribution >= 4 is 17.8 Å². The third kappa shape index (κ3) is 1.80. The first kappa shape index (κ1) is 9.65. The van der Waals surface area contributed by atoms with Gasteiger partial charge in [0.25, 0.3) is 0 Å². The third-order valence-corrected chi connectivity index (χ3v) is 3.01. The van der Waals surface area contributed by atoms with Crippen LogP contribution in [0.2, 0.25) is 0 Å². The van der Waals surface area contributed by atoms with Crippen molar-refractivity contribution in [2.45, 2.75) is 11.1 Å². The first-order valence-corrected chi connectivity index (χ1v) is 5.06. The van der Waals surface area contributed by atoms with Crippen LogP contribution in [0.5, 0.6) is 0 Å². The molecule has 0 bridgehead atoms. The molecule has 0 aliphatic carbocycles. The van der Waals surface area contributed by atoms with Gasteiger partial charge in [-0.3, -0.25) is 0 Å². The number of fused-ring (bicyclic) bond motifs is 1. The molecule has 0 unspecified atom stereocenters. The SMILES string of the molecule is FC(F)(F)c1ccc2c(c1)C=CCS2. The molecule has 14 heavy (non-hydrogen) atoms. The van der Waals surface area contributed by atoms with E-state index in [-0.39, 0.29) is 0 Å². The Bertz CT molecular complexity index is 379. The fourth-order valence-corrected chi connectivity index (χ4v) is 2.13. The molecule has 0 nitrogen and oxygen atoms in total. The number of benzene rings is 1. The molecule has 0 atom stereocenters. The molecule has 1 aliphatic rings. The van der Waals surface area contributed by atoms with Crippen LogP contribution in [0.25, 0.3) is 6.08 Å². The highest BCUT2D eigenvalue weighted by molar-refractivity contribution is 7.99. The first-order valence-electron chi connectivity index (χ1n) is 4.08. The number of halogens is 3. The summed E-state index contributed by atoms with van der Waals surface area (Å²) < 4.78 is 37.0. The summed E-state index contributed by atoms with van der Waals surface area (Å²) in [7, 11) is 0. The topological polar surface area (TPSA) is 0 Å². The molecule has 0 spiro atoms. The summed E-state index contributed by atoms with van der Waals surface area (Å²) in [6.45, 7) is 0. The highest BCUT2D eigenvalue weighted by Gasteiger charge is 2.30. The monoisotopic (exact) mass is 216 g/mol. The summed E-state index contributed by atoms with van der Waals surface area (Å²) in [6, 6.07) is 3.86. The summed E-state index contributed by atoms with van der Waals surface area (Å²) in [5.74, 6) is 0.832. The zero-order valence-electron chi connectivity index (χ0n) is 7.14. The Morgan fingerprint density at radius 3 is 2.71 bits per heavy atom. The van der Waals surface area contributed by atoms with Crippen LogP contribution in [0.4, 0.5) is 13.2 Å². The Kier molecular flexibility index (Phi) is 2.31. The van der Waals surface area contributed by atoms with E-state index in [1.54, 1.807) is 17.8 Å².